The topological polar surface area (TPSA) is 115 Å². The van der Waals surface area contributed by atoms with Crippen molar-refractivity contribution in [2.24, 2.45) is 0 Å². The van der Waals surface area contributed by atoms with Crippen LogP contribution in [0.5, 0.6) is 0 Å². The van der Waals surface area contributed by atoms with E-state index in [1.165, 1.54) is 12.3 Å². The van der Waals surface area contributed by atoms with Crippen molar-refractivity contribution >= 4 is 32.5 Å². The Labute approximate surface area is 164 Å². The number of halogens is 1. The smallest absolute Gasteiger partial charge is 0.259 e. The second-order valence-electron chi connectivity index (χ2n) is 6.35. The highest BCUT2D eigenvalue weighted by molar-refractivity contribution is 7.90. The Hall–Kier alpha value is -3.53. The number of pyridine rings is 1. The molecule has 0 aliphatic heterocycles. The van der Waals surface area contributed by atoms with Gasteiger partial charge in [-0.1, -0.05) is 5.16 Å². The summed E-state index contributed by atoms with van der Waals surface area (Å²) in [6.45, 7) is 1.64. The van der Waals surface area contributed by atoms with Crippen LogP contribution >= 0.6 is 0 Å². The second kappa shape index (κ2) is 6.82. The number of fused-ring (bicyclic) bond motifs is 1. The van der Waals surface area contributed by atoms with Gasteiger partial charge in [0.2, 0.25) is 0 Å². The summed E-state index contributed by atoms with van der Waals surface area (Å²) in [7, 11) is -3.58. The first-order valence-electron chi connectivity index (χ1n) is 8.36. The molecule has 0 aliphatic carbocycles. The van der Waals surface area contributed by atoms with E-state index in [-0.39, 0.29) is 21.9 Å². The third kappa shape index (κ3) is 3.49. The van der Waals surface area contributed by atoms with Gasteiger partial charge in [-0.3, -0.25) is 4.79 Å². The summed E-state index contributed by atoms with van der Waals surface area (Å²) in [4.78, 5) is 17.1. The van der Waals surface area contributed by atoms with E-state index in [1.54, 1.807) is 19.1 Å². The minimum absolute atomic E-state index is 0.118. The molecule has 148 valence electrons. The first-order valence-corrected chi connectivity index (χ1v) is 10.2. The molecule has 0 saturated carbocycles. The zero-order valence-corrected chi connectivity index (χ0v) is 16.1. The van der Waals surface area contributed by atoms with E-state index in [1.807, 2.05) is 0 Å². The van der Waals surface area contributed by atoms with Gasteiger partial charge in [0.1, 0.15) is 11.5 Å². The number of furan rings is 1. The van der Waals surface area contributed by atoms with Gasteiger partial charge in [0, 0.05) is 6.26 Å². The number of carbonyl (C=O) groups is 1. The molecular formula is C19H14FN3O5S. The molecule has 3 heterocycles. The van der Waals surface area contributed by atoms with Crippen LogP contribution in [-0.2, 0) is 9.84 Å². The normalized spacial score (nSPS) is 11.7. The number of anilines is 1. The van der Waals surface area contributed by atoms with Crippen molar-refractivity contribution in [1.82, 2.24) is 10.1 Å². The highest BCUT2D eigenvalue weighted by atomic mass is 32.2. The highest BCUT2D eigenvalue weighted by Crippen LogP contribution is 2.28. The van der Waals surface area contributed by atoms with Gasteiger partial charge in [0.05, 0.1) is 33.5 Å². The number of aryl methyl sites for hydroxylation is 1. The Kier molecular flexibility index (Phi) is 4.42. The maximum atomic E-state index is 14.2. The Morgan fingerprint density at radius 2 is 2.00 bits per heavy atom. The van der Waals surface area contributed by atoms with E-state index < -0.39 is 21.6 Å². The monoisotopic (exact) mass is 415 g/mol. The summed E-state index contributed by atoms with van der Waals surface area (Å²) in [5.74, 6) is -1.05. The largest absolute Gasteiger partial charge is 0.463 e. The molecule has 1 N–H and O–H groups in total. The maximum absolute atomic E-state index is 14.2. The number of carbonyl (C=O) groups excluding carboxylic acids is 1. The van der Waals surface area contributed by atoms with E-state index >= 15 is 0 Å². The third-order valence-corrected chi connectivity index (χ3v) is 5.36. The molecule has 1 aromatic carbocycles. The lowest BCUT2D eigenvalue weighted by molar-refractivity contribution is 0.102. The van der Waals surface area contributed by atoms with Crippen LogP contribution in [0, 0.1) is 12.7 Å². The number of nitrogens with zero attached hydrogens (tertiary/aromatic N) is 2. The van der Waals surface area contributed by atoms with Crippen LogP contribution in [0.15, 0.2) is 56.5 Å². The first-order chi connectivity index (χ1) is 13.7. The highest BCUT2D eigenvalue weighted by Gasteiger charge is 2.21. The SMILES string of the molecule is Cc1noc2nc(-c3ccco3)cc(C(=O)Nc3cc(S(C)(=O)=O)ccc3F)c12. The predicted octanol–water partition coefficient (Wildman–Crippen LogP) is 3.59. The summed E-state index contributed by atoms with van der Waals surface area (Å²) in [6.07, 6.45) is 2.45. The van der Waals surface area contributed by atoms with Gasteiger partial charge in [-0.05, 0) is 43.3 Å². The van der Waals surface area contributed by atoms with Crippen LogP contribution in [0.2, 0.25) is 0 Å². The van der Waals surface area contributed by atoms with Gasteiger partial charge >= 0.3 is 0 Å². The molecule has 0 atom stereocenters. The molecule has 10 heteroatoms. The molecule has 4 aromatic rings. The van der Waals surface area contributed by atoms with Gasteiger partial charge in [-0.25, -0.2) is 17.8 Å². The molecule has 0 fully saturated rings. The Morgan fingerprint density at radius 3 is 2.69 bits per heavy atom. The second-order valence-corrected chi connectivity index (χ2v) is 8.36. The number of benzene rings is 1. The fourth-order valence-electron chi connectivity index (χ4n) is 2.84. The number of rotatable bonds is 4. The van der Waals surface area contributed by atoms with Gasteiger partial charge in [-0.2, -0.15) is 0 Å². The van der Waals surface area contributed by atoms with E-state index in [9.17, 15) is 17.6 Å². The van der Waals surface area contributed by atoms with Crippen molar-refractivity contribution in [2.75, 3.05) is 11.6 Å². The minimum atomic E-state index is -3.58. The number of aromatic nitrogens is 2. The Bertz CT molecular complexity index is 1340. The molecule has 3 aromatic heterocycles. The lowest BCUT2D eigenvalue weighted by atomic mass is 10.1. The zero-order chi connectivity index (χ0) is 20.8. The minimum Gasteiger partial charge on any atom is -0.463 e. The number of hydrogen-bond acceptors (Lipinski definition) is 7. The fourth-order valence-corrected chi connectivity index (χ4v) is 3.49. The maximum Gasteiger partial charge on any atom is 0.259 e. The van der Waals surface area contributed by atoms with E-state index in [2.05, 4.69) is 15.5 Å². The molecule has 0 saturated heterocycles. The molecule has 0 unspecified atom stereocenters. The van der Waals surface area contributed by atoms with Crippen molar-refractivity contribution in [2.45, 2.75) is 11.8 Å². The molecule has 29 heavy (non-hydrogen) atoms. The summed E-state index contributed by atoms with van der Waals surface area (Å²) in [5.41, 5.74) is 0.732. The fraction of sp³-hybridized carbons (Fsp3) is 0.105. The van der Waals surface area contributed by atoms with Crippen LogP contribution in [0.1, 0.15) is 16.1 Å². The molecule has 4 rings (SSSR count). The van der Waals surface area contributed by atoms with Crippen molar-refractivity contribution in [3.63, 3.8) is 0 Å². The predicted molar refractivity (Wildman–Crippen MR) is 102 cm³/mol. The van der Waals surface area contributed by atoms with Crippen molar-refractivity contribution in [3.05, 3.63) is 59.7 Å². The van der Waals surface area contributed by atoms with Gasteiger partial charge in [0.25, 0.3) is 11.6 Å². The Balaban J connectivity index is 1.81. The number of hydrogen-bond donors (Lipinski definition) is 1. The summed E-state index contributed by atoms with van der Waals surface area (Å²) >= 11 is 0. The number of amides is 1. The lowest BCUT2D eigenvalue weighted by Gasteiger charge is -2.09. The van der Waals surface area contributed by atoms with Gasteiger partial charge < -0.3 is 14.3 Å². The summed E-state index contributed by atoms with van der Waals surface area (Å²) < 4.78 is 48.2. The third-order valence-electron chi connectivity index (χ3n) is 4.25. The quantitative estimate of drug-likeness (QED) is 0.507. The van der Waals surface area contributed by atoms with Gasteiger partial charge in [-0.15, -0.1) is 0 Å². The molecule has 0 spiro atoms. The van der Waals surface area contributed by atoms with Gasteiger partial charge in [0.15, 0.2) is 15.6 Å². The number of nitrogens with one attached hydrogen (secondary N) is 1. The van der Waals surface area contributed by atoms with Crippen LogP contribution in [0.4, 0.5) is 10.1 Å². The first kappa shape index (κ1) is 18.8. The molecular weight excluding hydrogens is 401 g/mol. The van der Waals surface area contributed by atoms with Crippen molar-refractivity contribution in [1.29, 1.82) is 0 Å². The average molecular weight is 415 g/mol. The van der Waals surface area contributed by atoms with E-state index in [4.69, 9.17) is 8.94 Å². The lowest BCUT2D eigenvalue weighted by Crippen LogP contribution is -2.14. The van der Waals surface area contributed by atoms with Crippen molar-refractivity contribution in [3.8, 4) is 11.5 Å². The molecule has 0 bridgehead atoms. The average Bonchev–Trinajstić information content (AvgIpc) is 3.32. The zero-order valence-electron chi connectivity index (χ0n) is 15.3. The summed E-state index contributed by atoms with van der Waals surface area (Å²) in [5, 5.41) is 6.60. The van der Waals surface area contributed by atoms with Crippen LogP contribution in [0.25, 0.3) is 22.6 Å². The summed E-state index contributed by atoms with van der Waals surface area (Å²) in [6, 6.07) is 7.97. The standard InChI is InChI=1S/C19H14FN3O5S/c1-10-17-12(9-15(16-4-3-7-27-16)22-19(17)28-23-10)18(24)21-14-8-11(29(2,25)26)5-6-13(14)20/h3-9H,1-2H3,(H,21,24). The molecule has 1 amide bonds. The van der Waals surface area contributed by atoms with E-state index in [0.717, 1.165) is 24.5 Å². The molecule has 0 aliphatic rings. The van der Waals surface area contributed by atoms with Crippen LogP contribution < -0.4 is 5.32 Å². The molecule has 8 nitrogen and oxygen atoms in total. The van der Waals surface area contributed by atoms with Crippen LogP contribution in [0.3, 0.4) is 0 Å². The Morgan fingerprint density at radius 1 is 1.21 bits per heavy atom. The number of sulfone groups is 1. The van der Waals surface area contributed by atoms with E-state index in [0.29, 0.717) is 22.5 Å². The molecule has 0 radical (unpaired) electrons. The van der Waals surface area contributed by atoms with Crippen molar-refractivity contribution < 1.29 is 26.5 Å². The van der Waals surface area contributed by atoms with Crippen LogP contribution in [-0.4, -0.2) is 30.7 Å².